The fraction of sp³-hybridized carbons (Fsp3) is 0.368. The third kappa shape index (κ3) is 3.05. The number of rotatable bonds is 3. The van der Waals surface area contributed by atoms with E-state index in [0.29, 0.717) is 13.1 Å². The zero-order valence-electron chi connectivity index (χ0n) is 14.2. The molecule has 0 radical (unpaired) electrons. The number of amides is 2. The van der Waals surface area contributed by atoms with Gasteiger partial charge in [0.15, 0.2) is 0 Å². The van der Waals surface area contributed by atoms with E-state index in [2.05, 4.69) is 17.0 Å². The molecule has 2 amide bonds. The molecule has 25 heavy (non-hydrogen) atoms. The minimum atomic E-state index is -0.353. The highest BCUT2D eigenvalue weighted by Crippen LogP contribution is 2.23. The first kappa shape index (κ1) is 15.9. The molecule has 0 unspecified atom stereocenters. The molecule has 0 aliphatic carbocycles. The van der Waals surface area contributed by atoms with E-state index in [-0.39, 0.29) is 24.4 Å². The Labute approximate surface area is 146 Å². The number of carbonyl (C=O) groups is 2. The summed E-state index contributed by atoms with van der Waals surface area (Å²) in [6.45, 7) is 2.93. The van der Waals surface area contributed by atoms with Crippen LogP contribution < -0.4 is 0 Å². The standard InChI is InChI=1S/C19H21N3O3/c1-20-13-18(23)22-8-7-21(12-16(22)19(20)24)11-14-4-2-5-15(10-14)17-6-3-9-25-17/h2-6,9-10,16H,7-8,11-13H2,1H3/t16-/m0/s1. The second-order valence-corrected chi connectivity index (χ2v) is 6.71. The van der Waals surface area contributed by atoms with Gasteiger partial charge in [0.1, 0.15) is 11.8 Å². The average Bonchev–Trinajstić information content (AvgIpc) is 3.15. The molecule has 1 aromatic carbocycles. The molecule has 2 aliphatic heterocycles. The molecule has 2 fully saturated rings. The zero-order valence-corrected chi connectivity index (χ0v) is 14.2. The van der Waals surface area contributed by atoms with Crippen molar-refractivity contribution < 1.29 is 14.0 Å². The number of piperazine rings is 2. The number of fused-ring (bicyclic) bond motifs is 1. The van der Waals surface area contributed by atoms with Crippen LogP contribution in [0.25, 0.3) is 11.3 Å². The van der Waals surface area contributed by atoms with Crippen LogP contribution in [0.3, 0.4) is 0 Å². The lowest BCUT2D eigenvalue weighted by atomic mass is 10.0. The molecule has 6 heteroatoms. The monoisotopic (exact) mass is 339 g/mol. The molecule has 1 aromatic heterocycles. The molecular formula is C19H21N3O3. The molecular weight excluding hydrogens is 318 g/mol. The van der Waals surface area contributed by atoms with Gasteiger partial charge in [-0.2, -0.15) is 0 Å². The first-order valence-corrected chi connectivity index (χ1v) is 8.51. The highest BCUT2D eigenvalue weighted by molar-refractivity contribution is 5.95. The largest absolute Gasteiger partial charge is 0.464 e. The van der Waals surface area contributed by atoms with Crippen molar-refractivity contribution >= 4 is 11.8 Å². The zero-order chi connectivity index (χ0) is 17.4. The van der Waals surface area contributed by atoms with Crippen molar-refractivity contribution in [3.8, 4) is 11.3 Å². The summed E-state index contributed by atoms with van der Waals surface area (Å²) in [7, 11) is 1.70. The molecule has 2 saturated heterocycles. The van der Waals surface area contributed by atoms with E-state index < -0.39 is 0 Å². The predicted octanol–water partition coefficient (Wildman–Crippen LogP) is 1.43. The highest BCUT2D eigenvalue weighted by atomic mass is 16.3. The summed E-state index contributed by atoms with van der Waals surface area (Å²) in [5.74, 6) is 0.932. The number of furan rings is 1. The Morgan fingerprint density at radius 2 is 2.04 bits per heavy atom. The topological polar surface area (TPSA) is 57.0 Å². The maximum absolute atomic E-state index is 12.4. The summed E-state index contributed by atoms with van der Waals surface area (Å²) >= 11 is 0. The molecule has 0 N–H and O–H groups in total. The number of hydrogen-bond acceptors (Lipinski definition) is 4. The van der Waals surface area contributed by atoms with E-state index >= 15 is 0 Å². The Balaban J connectivity index is 1.48. The summed E-state index contributed by atoms with van der Waals surface area (Å²) in [5.41, 5.74) is 2.22. The van der Waals surface area contributed by atoms with Gasteiger partial charge in [0.05, 0.1) is 12.8 Å². The molecule has 0 saturated carbocycles. The molecule has 2 aliphatic rings. The summed E-state index contributed by atoms with van der Waals surface area (Å²) in [5, 5.41) is 0. The van der Waals surface area contributed by atoms with Gasteiger partial charge in [-0.05, 0) is 23.8 Å². The minimum Gasteiger partial charge on any atom is -0.464 e. The summed E-state index contributed by atoms with van der Waals surface area (Å²) in [6, 6.07) is 11.7. The smallest absolute Gasteiger partial charge is 0.246 e. The number of likely N-dealkylation sites (N-methyl/N-ethyl adjacent to an activating group) is 1. The van der Waals surface area contributed by atoms with Crippen LogP contribution in [0.4, 0.5) is 0 Å². The molecule has 4 rings (SSSR count). The third-order valence-corrected chi connectivity index (χ3v) is 4.96. The van der Waals surface area contributed by atoms with E-state index in [9.17, 15) is 9.59 Å². The van der Waals surface area contributed by atoms with E-state index in [4.69, 9.17) is 4.42 Å². The normalized spacial score (nSPS) is 21.6. The Kier molecular flexibility index (Phi) is 4.05. The van der Waals surface area contributed by atoms with Crippen molar-refractivity contribution in [1.82, 2.24) is 14.7 Å². The third-order valence-electron chi connectivity index (χ3n) is 4.96. The molecule has 6 nitrogen and oxygen atoms in total. The van der Waals surface area contributed by atoms with Gasteiger partial charge in [0.2, 0.25) is 11.8 Å². The van der Waals surface area contributed by atoms with Gasteiger partial charge in [-0.25, -0.2) is 0 Å². The van der Waals surface area contributed by atoms with Crippen molar-refractivity contribution in [2.24, 2.45) is 0 Å². The second-order valence-electron chi connectivity index (χ2n) is 6.71. The van der Waals surface area contributed by atoms with Crippen LogP contribution in [-0.4, -0.2) is 65.8 Å². The molecule has 3 heterocycles. The van der Waals surface area contributed by atoms with E-state index in [1.807, 2.05) is 24.3 Å². The number of hydrogen-bond donors (Lipinski definition) is 0. The molecule has 0 bridgehead atoms. The van der Waals surface area contributed by atoms with Gasteiger partial charge >= 0.3 is 0 Å². The number of nitrogens with zero attached hydrogens (tertiary/aromatic N) is 3. The maximum atomic E-state index is 12.4. The molecule has 1 atom stereocenters. The van der Waals surface area contributed by atoms with Crippen LogP contribution in [0, 0.1) is 0 Å². The Bertz CT molecular complexity index is 787. The lowest BCUT2D eigenvalue weighted by Crippen LogP contribution is -2.65. The van der Waals surface area contributed by atoms with E-state index in [1.165, 1.54) is 10.5 Å². The molecule has 130 valence electrons. The predicted molar refractivity (Wildman–Crippen MR) is 92.6 cm³/mol. The maximum Gasteiger partial charge on any atom is 0.246 e. The van der Waals surface area contributed by atoms with Crippen molar-refractivity contribution in [3.63, 3.8) is 0 Å². The average molecular weight is 339 g/mol. The van der Waals surface area contributed by atoms with Gasteiger partial charge in [-0.1, -0.05) is 18.2 Å². The summed E-state index contributed by atoms with van der Waals surface area (Å²) in [4.78, 5) is 30.0. The van der Waals surface area contributed by atoms with Gasteiger partial charge in [-0.15, -0.1) is 0 Å². The van der Waals surface area contributed by atoms with Crippen LogP contribution in [0.15, 0.2) is 47.1 Å². The lowest BCUT2D eigenvalue weighted by Gasteiger charge is -2.45. The van der Waals surface area contributed by atoms with Crippen molar-refractivity contribution in [1.29, 1.82) is 0 Å². The van der Waals surface area contributed by atoms with Crippen molar-refractivity contribution in [2.75, 3.05) is 33.2 Å². The first-order valence-electron chi connectivity index (χ1n) is 8.51. The second kappa shape index (κ2) is 6.37. The fourth-order valence-electron chi connectivity index (χ4n) is 3.64. The molecule has 2 aromatic rings. The van der Waals surface area contributed by atoms with Gasteiger partial charge in [0.25, 0.3) is 0 Å². The Morgan fingerprint density at radius 1 is 1.16 bits per heavy atom. The fourth-order valence-corrected chi connectivity index (χ4v) is 3.64. The quantitative estimate of drug-likeness (QED) is 0.849. The highest BCUT2D eigenvalue weighted by Gasteiger charge is 2.41. The number of benzene rings is 1. The minimum absolute atomic E-state index is 0.0358. The lowest BCUT2D eigenvalue weighted by molar-refractivity contribution is -0.158. The van der Waals surface area contributed by atoms with Crippen molar-refractivity contribution in [3.05, 3.63) is 48.2 Å². The SMILES string of the molecule is CN1CC(=O)N2CCN(Cc3cccc(-c4ccco4)c3)C[C@H]2C1=O. The van der Waals surface area contributed by atoms with Crippen molar-refractivity contribution in [2.45, 2.75) is 12.6 Å². The van der Waals surface area contributed by atoms with Crippen LogP contribution >= 0.6 is 0 Å². The first-order chi connectivity index (χ1) is 12.1. The molecule has 0 spiro atoms. The van der Waals surface area contributed by atoms with Gasteiger partial charge in [0, 0.05) is 38.8 Å². The summed E-state index contributed by atoms with van der Waals surface area (Å²) in [6.07, 6.45) is 1.67. The van der Waals surface area contributed by atoms with Gasteiger partial charge < -0.3 is 14.2 Å². The van der Waals surface area contributed by atoms with Crippen LogP contribution in [0.1, 0.15) is 5.56 Å². The Hall–Kier alpha value is -2.60. The van der Waals surface area contributed by atoms with Crippen LogP contribution in [-0.2, 0) is 16.1 Å². The number of carbonyl (C=O) groups excluding carboxylic acids is 2. The van der Waals surface area contributed by atoms with Crippen LogP contribution in [0.5, 0.6) is 0 Å². The summed E-state index contributed by atoms with van der Waals surface area (Å²) < 4.78 is 5.46. The van der Waals surface area contributed by atoms with E-state index in [1.54, 1.807) is 18.2 Å². The van der Waals surface area contributed by atoms with E-state index in [0.717, 1.165) is 24.4 Å². The van der Waals surface area contributed by atoms with Crippen LogP contribution in [0.2, 0.25) is 0 Å². The Morgan fingerprint density at radius 3 is 2.84 bits per heavy atom. The van der Waals surface area contributed by atoms with Gasteiger partial charge in [-0.3, -0.25) is 14.5 Å².